The van der Waals surface area contributed by atoms with Crippen LogP contribution in [0.15, 0.2) is 16.9 Å². The lowest BCUT2D eigenvalue weighted by Crippen LogP contribution is -2.60. The van der Waals surface area contributed by atoms with Gasteiger partial charge in [-0.05, 0) is 25.2 Å². The number of nitrogens with two attached hydrogens (primary N) is 1. The average molecular weight is 535 g/mol. The molecule has 3 N–H and O–H groups in total. The van der Waals surface area contributed by atoms with Gasteiger partial charge >= 0.3 is 6.18 Å². The van der Waals surface area contributed by atoms with E-state index in [1.54, 1.807) is 4.90 Å². The number of nitrogens with zero attached hydrogens (tertiary/aromatic N) is 5. The maximum atomic E-state index is 14.9. The minimum atomic E-state index is -5.15. The Balaban J connectivity index is 1.95. The molecule has 3 heterocycles. The third-order valence-electron chi connectivity index (χ3n) is 6.00. The summed E-state index contributed by atoms with van der Waals surface area (Å²) in [6.07, 6.45) is -5.15. The topological polar surface area (TPSA) is 101 Å². The van der Waals surface area contributed by atoms with Crippen LogP contribution in [0.5, 0.6) is 5.75 Å². The molecule has 0 bridgehead atoms. The first-order valence-corrected chi connectivity index (χ1v) is 11.3. The van der Waals surface area contributed by atoms with E-state index >= 15 is 0 Å². The highest BCUT2D eigenvalue weighted by Crippen LogP contribution is 2.40. The molecule has 8 nitrogen and oxygen atoms in total. The van der Waals surface area contributed by atoms with Gasteiger partial charge in [0.25, 0.3) is 5.56 Å². The van der Waals surface area contributed by atoms with E-state index in [0.717, 1.165) is 19.2 Å². The van der Waals surface area contributed by atoms with E-state index in [-0.39, 0.29) is 27.8 Å². The first-order chi connectivity index (χ1) is 16.4. The van der Waals surface area contributed by atoms with Crippen molar-refractivity contribution in [2.24, 2.45) is 0 Å². The molecule has 188 valence electrons. The number of alkyl halides is 3. The monoisotopic (exact) mass is 534 g/mol. The zero-order chi connectivity index (χ0) is 25.8. The summed E-state index contributed by atoms with van der Waals surface area (Å²) in [5.41, 5.74) is 1.31. The molecule has 0 atom stereocenters. The fraction of sp³-hybridized carbons (Fsp3) is 0.381. The molecule has 0 aliphatic carbocycles. The Bertz CT molecular complexity index is 1340. The van der Waals surface area contributed by atoms with Crippen LogP contribution in [-0.2, 0) is 6.18 Å². The van der Waals surface area contributed by atoms with Gasteiger partial charge in [0.05, 0.1) is 15.4 Å². The molecule has 0 saturated carbocycles. The van der Waals surface area contributed by atoms with Crippen molar-refractivity contribution in [1.82, 2.24) is 19.4 Å². The summed E-state index contributed by atoms with van der Waals surface area (Å²) in [6.45, 7) is 6.76. The van der Waals surface area contributed by atoms with Gasteiger partial charge in [-0.25, -0.2) is 9.37 Å². The van der Waals surface area contributed by atoms with Crippen LogP contribution in [0, 0.1) is 5.82 Å². The number of hydrogen-bond donors (Lipinski definition) is 2. The van der Waals surface area contributed by atoms with Crippen LogP contribution < -0.4 is 16.2 Å². The first kappa shape index (κ1) is 25.3. The van der Waals surface area contributed by atoms with Crippen molar-refractivity contribution >= 4 is 45.9 Å². The Morgan fingerprint density at radius 1 is 1.17 bits per heavy atom. The van der Waals surface area contributed by atoms with Crippen LogP contribution in [0.4, 0.5) is 29.3 Å². The lowest BCUT2D eigenvalue weighted by molar-refractivity contribution is -0.142. The van der Waals surface area contributed by atoms with Gasteiger partial charge in [-0.15, -0.1) is 0 Å². The number of halogens is 6. The molecule has 0 spiro atoms. The number of phenolic OH excluding ortho intramolecular Hbond substituents is 1. The summed E-state index contributed by atoms with van der Waals surface area (Å²) in [4.78, 5) is 25.6. The van der Waals surface area contributed by atoms with Crippen molar-refractivity contribution in [3.63, 3.8) is 0 Å². The van der Waals surface area contributed by atoms with Crippen LogP contribution >= 0.6 is 23.2 Å². The quantitative estimate of drug-likeness (QED) is 0.376. The molecule has 1 aliphatic heterocycles. The lowest BCUT2D eigenvalue weighted by Gasteiger charge is -2.44. The molecule has 0 amide bonds. The highest BCUT2D eigenvalue weighted by Gasteiger charge is 2.39. The molecule has 0 unspecified atom stereocenters. The first-order valence-electron chi connectivity index (χ1n) is 10.5. The van der Waals surface area contributed by atoms with Gasteiger partial charge in [-0.2, -0.15) is 18.2 Å². The van der Waals surface area contributed by atoms with Crippen LogP contribution in [0.2, 0.25) is 10.0 Å². The standard InChI is InChI=1S/C21H20Cl2F4N6O2/c1-3-31(4-2)9-7-32(8-9)20-29-15-10(18(28)30-20)5-13(21(25,26)27)33(19(15)35)16-14(24)11(22)6-12(23)17(16)34/h5-6,9,34H,3-4,7-8H2,1-2H3,(H2,28,29,30). The third kappa shape index (κ3) is 4.23. The number of anilines is 2. The number of fused-ring (bicyclic) bond motifs is 1. The number of aromatic nitrogens is 3. The lowest BCUT2D eigenvalue weighted by atomic mass is 10.1. The van der Waals surface area contributed by atoms with Gasteiger partial charge in [0.15, 0.2) is 11.6 Å². The third-order valence-corrected chi connectivity index (χ3v) is 6.56. The minimum Gasteiger partial charge on any atom is -0.504 e. The van der Waals surface area contributed by atoms with E-state index < -0.39 is 50.2 Å². The maximum Gasteiger partial charge on any atom is 0.431 e. The number of nitrogen functional groups attached to an aromatic ring is 1. The molecule has 2 aromatic heterocycles. The Morgan fingerprint density at radius 2 is 1.80 bits per heavy atom. The molecule has 1 aromatic carbocycles. The number of hydrogen-bond acceptors (Lipinski definition) is 7. The second-order valence-corrected chi connectivity index (χ2v) is 8.78. The zero-order valence-corrected chi connectivity index (χ0v) is 20.0. The molecule has 0 radical (unpaired) electrons. The molecule has 4 rings (SSSR count). The molecule has 1 saturated heterocycles. The number of aromatic hydroxyl groups is 1. The zero-order valence-electron chi connectivity index (χ0n) is 18.5. The smallest absolute Gasteiger partial charge is 0.431 e. The van der Waals surface area contributed by atoms with Crippen molar-refractivity contribution in [2.75, 3.05) is 36.8 Å². The summed E-state index contributed by atoms with van der Waals surface area (Å²) < 4.78 is 56.7. The molecular weight excluding hydrogens is 515 g/mol. The van der Waals surface area contributed by atoms with Crippen molar-refractivity contribution in [2.45, 2.75) is 26.1 Å². The molecule has 3 aromatic rings. The van der Waals surface area contributed by atoms with E-state index in [2.05, 4.69) is 14.9 Å². The summed E-state index contributed by atoms with van der Waals surface area (Å²) in [5, 5.41) is 8.69. The number of pyridine rings is 1. The summed E-state index contributed by atoms with van der Waals surface area (Å²) >= 11 is 11.5. The second kappa shape index (κ2) is 8.99. The van der Waals surface area contributed by atoms with Crippen molar-refractivity contribution in [3.8, 4) is 11.4 Å². The van der Waals surface area contributed by atoms with Crippen LogP contribution in [0.1, 0.15) is 19.5 Å². The van der Waals surface area contributed by atoms with Crippen molar-refractivity contribution in [1.29, 1.82) is 0 Å². The van der Waals surface area contributed by atoms with E-state index in [1.807, 2.05) is 13.8 Å². The maximum absolute atomic E-state index is 14.9. The average Bonchev–Trinajstić information content (AvgIpc) is 2.75. The number of rotatable bonds is 5. The molecule has 14 heteroatoms. The molecule has 1 aliphatic rings. The minimum absolute atomic E-state index is 0.0458. The van der Waals surface area contributed by atoms with Crippen LogP contribution in [0.25, 0.3) is 16.6 Å². The van der Waals surface area contributed by atoms with Gasteiger partial charge in [-0.1, -0.05) is 37.0 Å². The number of phenols is 1. The van der Waals surface area contributed by atoms with Gasteiger partial charge in [0, 0.05) is 19.1 Å². The van der Waals surface area contributed by atoms with Crippen molar-refractivity contribution in [3.05, 3.63) is 44.0 Å². The highest BCUT2D eigenvalue weighted by molar-refractivity contribution is 6.36. The fourth-order valence-electron chi connectivity index (χ4n) is 4.14. The Labute approximate surface area is 206 Å². The molecular formula is C21H20Cl2F4N6O2. The van der Waals surface area contributed by atoms with Crippen molar-refractivity contribution < 1.29 is 22.7 Å². The van der Waals surface area contributed by atoms with E-state index in [1.165, 1.54) is 0 Å². The normalized spacial score (nSPS) is 14.7. The summed E-state index contributed by atoms with van der Waals surface area (Å²) in [7, 11) is 0. The van der Waals surface area contributed by atoms with Gasteiger partial charge in [-0.3, -0.25) is 14.3 Å². The van der Waals surface area contributed by atoms with Crippen LogP contribution in [0.3, 0.4) is 0 Å². The molecule has 35 heavy (non-hydrogen) atoms. The highest BCUT2D eigenvalue weighted by atomic mass is 35.5. The Morgan fingerprint density at radius 3 is 2.37 bits per heavy atom. The summed E-state index contributed by atoms with van der Waals surface area (Å²) in [6, 6.07) is 1.55. The van der Waals surface area contributed by atoms with E-state index in [0.29, 0.717) is 19.2 Å². The SMILES string of the molecule is CCN(CC)C1CN(c2nc(N)c3cc(C(F)(F)F)n(-c4c(O)c(Cl)cc(Cl)c4F)c(=O)c3n2)C1. The number of likely N-dealkylation sites (N-methyl/N-ethyl adjacent to an activating group) is 1. The van der Waals surface area contributed by atoms with E-state index in [9.17, 15) is 27.5 Å². The largest absolute Gasteiger partial charge is 0.504 e. The van der Waals surface area contributed by atoms with E-state index in [4.69, 9.17) is 28.9 Å². The van der Waals surface area contributed by atoms with Gasteiger partial charge < -0.3 is 15.7 Å². The van der Waals surface area contributed by atoms with Crippen LogP contribution in [-0.4, -0.2) is 56.8 Å². The summed E-state index contributed by atoms with van der Waals surface area (Å²) in [5.74, 6) is -2.85. The van der Waals surface area contributed by atoms with Gasteiger partial charge in [0.2, 0.25) is 5.95 Å². The second-order valence-electron chi connectivity index (χ2n) is 7.97. The van der Waals surface area contributed by atoms with Gasteiger partial charge in [0.1, 0.15) is 22.7 Å². The predicted octanol–water partition coefficient (Wildman–Crippen LogP) is 4.06. The number of benzene rings is 1. The Hall–Kier alpha value is -2.83. The Kier molecular flexibility index (Phi) is 6.49. The fourth-order valence-corrected chi connectivity index (χ4v) is 4.59. The predicted molar refractivity (Wildman–Crippen MR) is 125 cm³/mol. The molecule has 1 fully saturated rings.